The Balaban J connectivity index is 1.96. The highest BCUT2D eigenvalue weighted by Crippen LogP contribution is 2.26. The van der Waals surface area contributed by atoms with Crippen LogP contribution in [0.25, 0.3) is 0 Å². The molecule has 1 N–H and O–H groups in total. The van der Waals surface area contributed by atoms with E-state index in [-0.39, 0.29) is 0 Å². The largest absolute Gasteiger partial charge is 0.339 e. The van der Waals surface area contributed by atoms with Gasteiger partial charge in [0.25, 0.3) is 0 Å². The average molecular weight is 241 g/mol. The van der Waals surface area contributed by atoms with Gasteiger partial charge in [0.15, 0.2) is 5.82 Å². The minimum absolute atomic E-state index is 0.394. The molecule has 0 bridgehead atoms. The second-order valence-corrected chi connectivity index (χ2v) is 6.11. The van der Waals surface area contributed by atoms with Gasteiger partial charge in [-0.05, 0) is 25.1 Å². The minimum Gasteiger partial charge on any atom is -0.339 e. The van der Waals surface area contributed by atoms with E-state index in [1.54, 1.807) is 0 Å². The molecule has 0 amide bonds. The molecule has 1 aliphatic rings. The third-order valence-electron chi connectivity index (χ3n) is 2.87. The van der Waals surface area contributed by atoms with Gasteiger partial charge in [-0.15, -0.1) is 0 Å². The zero-order valence-corrected chi connectivity index (χ0v) is 10.9. The maximum atomic E-state index is 5.34. The minimum atomic E-state index is 0.394. The molecule has 1 saturated heterocycles. The molecule has 0 aromatic carbocycles. The number of aromatic nitrogens is 2. The predicted octanol–water partition coefficient (Wildman–Crippen LogP) is 2.18. The lowest BCUT2D eigenvalue weighted by atomic mass is 10.0. The molecule has 2 rings (SSSR count). The predicted molar refractivity (Wildman–Crippen MR) is 65.6 cm³/mol. The Hall–Kier alpha value is -0.550. The van der Waals surface area contributed by atoms with Crippen molar-refractivity contribution in [3.8, 4) is 0 Å². The maximum absolute atomic E-state index is 5.34. The first-order valence-electron chi connectivity index (χ1n) is 5.84. The summed E-state index contributed by atoms with van der Waals surface area (Å²) in [7, 11) is 0. The summed E-state index contributed by atoms with van der Waals surface area (Å²) in [5, 5.41) is 8.03. The normalized spacial score (nSPS) is 25.5. The molecule has 16 heavy (non-hydrogen) atoms. The molecule has 0 aliphatic carbocycles. The third-order valence-corrected chi connectivity index (χ3v) is 3.96. The monoisotopic (exact) mass is 241 g/mol. The fourth-order valence-corrected chi connectivity index (χ4v) is 2.51. The maximum Gasteiger partial charge on any atom is 0.231 e. The number of hydrogen-bond acceptors (Lipinski definition) is 5. The molecule has 1 aromatic rings. The smallest absolute Gasteiger partial charge is 0.231 e. The summed E-state index contributed by atoms with van der Waals surface area (Å²) in [6, 6.07) is 0.450. The number of nitrogens with one attached hydrogen (secondary N) is 1. The summed E-state index contributed by atoms with van der Waals surface area (Å²) in [5.74, 6) is 2.87. The molecule has 0 saturated carbocycles. The van der Waals surface area contributed by atoms with E-state index >= 15 is 0 Å². The van der Waals surface area contributed by atoms with Gasteiger partial charge in [0.05, 0.1) is 11.7 Å². The van der Waals surface area contributed by atoms with E-state index in [4.69, 9.17) is 4.52 Å². The van der Waals surface area contributed by atoms with Gasteiger partial charge in [0.1, 0.15) is 0 Å². The molecule has 1 aromatic heterocycles. The Bertz CT molecular complexity index is 340. The van der Waals surface area contributed by atoms with Crippen molar-refractivity contribution >= 4 is 11.8 Å². The van der Waals surface area contributed by atoms with Crippen LogP contribution in [0.3, 0.4) is 0 Å². The topological polar surface area (TPSA) is 51.0 Å². The molecule has 2 atom stereocenters. The Morgan fingerprint density at radius 2 is 2.38 bits per heavy atom. The van der Waals surface area contributed by atoms with Crippen LogP contribution >= 0.6 is 11.8 Å². The van der Waals surface area contributed by atoms with E-state index in [1.165, 1.54) is 0 Å². The first-order valence-corrected chi connectivity index (χ1v) is 6.89. The van der Waals surface area contributed by atoms with Crippen LogP contribution in [-0.2, 0) is 5.75 Å². The van der Waals surface area contributed by atoms with Crippen LogP contribution in [0.4, 0.5) is 0 Å². The van der Waals surface area contributed by atoms with Crippen molar-refractivity contribution in [2.24, 2.45) is 0 Å². The summed E-state index contributed by atoms with van der Waals surface area (Å²) in [4.78, 5) is 4.48. The van der Waals surface area contributed by atoms with Crippen molar-refractivity contribution in [3.05, 3.63) is 11.7 Å². The number of nitrogens with zero attached hydrogens (tertiary/aromatic N) is 2. The summed E-state index contributed by atoms with van der Waals surface area (Å²) in [5.41, 5.74) is 0. The lowest BCUT2D eigenvalue weighted by molar-refractivity contribution is 0.342. The molecule has 2 heterocycles. The Kier molecular flexibility index (Phi) is 3.86. The molecule has 1 aliphatic heterocycles. The summed E-state index contributed by atoms with van der Waals surface area (Å²) < 4.78 is 5.34. The Morgan fingerprint density at radius 1 is 1.56 bits per heavy atom. The quantitative estimate of drug-likeness (QED) is 0.875. The first-order chi connectivity index (χ1) is 7.66. The van der Waals surface area contributed by atoms with E-state index in [9.17, 15) is 0 Å². The van der Waals surface area contributed by atoms with Gasteiger partial charge in [-0.3, -0.25) is 0 Å². The molecular weight excluding hydrogens is 222 g/mol. The van der Waals surface area contributed by atoms with Crippen molar-refractivity contribution < 1.29 is 4.52 Å². The fraction of sp³-hybridized carbons (Fsp3) is 0.818. The highest BCUT2D eigenvalue weighted by molar-refractivity contribution is 7.99. The van der Waals surface area contributed by atoms with Gasteiger partial charge >= 0.3 is 0 Å². The van der Waals surface area contributed by atoms with Crippen LogP contribution in [0.15, 0.2) is 4.52 Å². The summed E-state index contributed by atoms with van der Waals surface area (Å²) in [6.07, 6.45) is 1.10. The van der Waals surface area contributed by atoms with Crippen LogP contribution in [0.2, 0.25) is 0 Å². The molecule has 5 heteroatoms. The van der Waals surface area contributed by atoms with Gasteiger partial charge in [-0.1, -0.05) is 19.0 Å². The van der Waals surface area contributed by atoms with E-state index in [0.717, 1.165) is 30.4 Å². The van der Waals surface area contributed by atoms with Gasteiger partial charge in [-0.2, -0.15) is 16.7 Å². The molecule has 2 unspecified atom stereocenters. The van der Waals surface area contributed by atoms with Crippen molar-refractivity contribution in [2.75, 3.05) is 6.54 Å². The van der Waals surface area contributed by atoms with Crippen molar-refractivity contribution in [2.45, 2.75) is 50.2 Å². The third kappa shape index (κ3) is 2.77. The van der Waals surface area contributed by atoms with E-state index in [0.29, 0.717) is 17.2 Å². The molecule has 4 nitrogen and oxygen atoms in total. The molecular formula is C11H19N3OS. The van der Waals surface area contributed by atoms with Crippen LogP contribution in [0.5, 0.6) is 0 Å². The average Bonchev–Trinajstić information content (AvgIpc) is 2.83. The van der Waals surface area contributed by atoms with E-state index in [2.05, 4.69) is 36.2 Å². The van der Waals surface area contributed by atoms with Crippen LogP contribution in [0, 0.1) is 0 Å². The van der Waals surface area contributed by atoms with Gasteiger partial charge < -0.3 is 9.84 Å². The number of rotatable bonds is 4. The number of thioether (sulfide) groups is 1. The lowest BCUT2D eigenvalue weighted by Gasteiger charge is -2.08. The van der Waals surface area contributed by atoms with Gasteiger partial charge in [0.2, 0.25) is 5.89 Å². The van der Waals surface area contributed by atoms with Crippen LogP contribution in [-0.4, -0.2) is 28.0 Å². The van der Waals surface area contributed by atoms with Crippen LogP contribution in [0.1, 0.15) is 44.8 Å². The van der Waals surface area contributed by atoms with Gasteiger partial charge in [0, 0.05) is 6.04 Å². The van der Waals surface area contributed by atoms with Crippen molar-refractivity contribution in [3.63, 3.8) is 0 Å². The van der Waals surface area contributed by atoms with Crippen molar-refractivity contribution in [1.29, 1.82) is 0 Å². The SMILES string of the molecule is CC(C)SCc1noc(C2CCNC2C)n1. The van der Waals surface area contributed by atoms with Gasteiger partial charge in [-0.25, -0.2) is 0 Å². The van der Waals surface area contributed by atoms with E-state index in [1.807, 2.05) is 11.8 Å². The molecule has 0 radical (unpaired) electrons. The molecule has 0 spiro atoms. The molecule has 90 valence electrons. The fourth-order valence-electron chi connectivity index (χ4n) is 1.91. The second kappa shape index (κ2) is 5.19. The number of hydrogen-bond donors (Lipinski definition) is 1. The standard InChI is InChI=1S/C11H19N3OS/c1-7(2)16-6-10-13-11(15-14-10)9-4-5-12-8(9)3/h7-9,12H,4-6H2,1-3H3. The summed E-state index contributed by atoms with van der Waals surface area (Å²) in [6.45, 7) is 7.57. The first kappa shape index (κ1) is 11.9. The zero-order valence-electron chi connectivity index (χ0n) is 10.1. The Morgan fingerprint density at radius 3 is 3.00 bits per heavy atom. The highest BCUT2D eigenvalue weighted by Gasteiger charge is 2.29. The lowest BCUT2D eigenvalue weighted by Crippen LogP contribution is -2.21. The van der Waals surface area contributed by atoms with Crippen LogP contribution < -0.4 is 5.32 Å². The highest BCUT2D eigenvalue weighted by atomic mass is 32.2. The Labute approximate surface area is 101 Å². The zero-order chi connectivity index (χ0) is 11.5. The van der Waals surface area contributed by atoms with Crippen molar-refractivity contribution in [1.82, 2.24) is 15.5 Å². The van der Waals surface area contributed by atoms with E-state index < -0.39 is 0 Å². The summed E-state index contributed by atoms with van der Waals surface area (Å²) >= 11 is 1.84. The second-order valence-electron chi connectivity index (χ2n) is 4.55. The molecule has 1 fully saturated rings.